The van der Waals surface area contributed by atoms with Gasteiger partial charge in [-0.3, -0.25) is 5.43 Å². The highest BCUT2D eigenvalue weighted by atomic mass is 16.5. The van der Waals surface area contributed by atoms with Gasteiger partial charge in [-0.2, -0.15) is 15.6 Å². The number of anilines is 1. The van der Waals surface area contributed by atoms with Gasteiger partial charge in [0.05, 0.1) is 12.8 Å². The Morgan fingerprint density at radius 1 is 1.27 bits per heavy atom. The molecule has 0 saturated carbocycles. The Bertz CT molecular complexity index is 793. The van der Waals surface area contributed by atoms with E-state index in [4.69, 9.17) is 14.9 Å². The van der Waals surface area contributed by atoms with Crippen molar-refractivity contribution in [1.29, 1.82) is 10.5 Å². The summed E-state index contributed by atoms with van der Waals surface area (Å²) in [7, 11) is 1.27. The molecule has 7 nitrogen and oxygen atoms in total. The molecule has 0 fully saturated rings. The molecule has 7 heteroatoms. The van der Waals surface area contributed by atoms with Gasteiger partial charge in [0.15, 0.2) is 0 Å². The maximum absolute atomic E-state index is 11.4. The number of ether oxygens (including phenoxy) is 1. The van der Waals surface area contributed by atoms with Crippen molar-refractivity contribution in [2.75, 3.05) is 12.5 Å². The Hall–Kier alpha value is -3.58. The van der Waals surface area contributed by atoms with E-state index < -0.39 is 5.97 Å². The molecular weight excluding hydrogens is 284 g/mol. The van der Waals surface area contributed by atoms with Crippen LogP contribution in [0.5, 0.6) is 0 Å². The van der Waals surface area contributed by atoms with Crippen molar-refractivity contribution in [3.05, 3.63) is 42.2 Å². The molecule has 0 saturated heterocycles. The molecule has 1 heterocycles. The number of methoxy groups -OCH3 is 1. The SMILES string of the molecule is COC(=O)c1ccc(-c2cccc(NN=C(C#N)C#N)c2)o1. The molecule has 0 spiro atoms. The minimum Gasteiger partial charge on any atom is -0.463 e. The summed E-state index contributed by atoms with van der Waals surface area (Å²) in [4.78, 5) is 11.4. The van der Waals surface area contributed by atoms with Gasteiger partial charge < -0.3 is 9.15 Å². The summed E-state index contributed by atoms with van der Waals surface area (Å²) in [6.07, 6.45) is 0. The summed E-state index contributed by atoms with van der Waals surface area (Å²) in [6.45, 7) is 0. The molecule has 2 rings (SSSR count). The van der Waals surface area contributed by atoms with Gasteiger partial charge in [-0.15, -0.1) is 0 Å². The molecule has 1 aromatic heterocycles. The van der Waals surface area contributed by atoms with Crippen molar-refractivity contribution < 1.29 is 13.9 Å². The molecule has 0 aliphatic rings. The van der Waals surface area contributed by atoms with Crippen LogP contribution >= 0.6 is 0 Å². The van der Waals surface area contributed by atoms with Crippen LogP contribution in [0.4, 0.5) is 5.69 Å². The Labute approximate surface area is 126 Å². The van der Waals surface area contributed by atoms with E-state index in [9.17, 15) is 4.79 Å². The molecule has 2 aromatic rings. The average Bonchev–Trinajstić information content (AvgIpc) is 3.05. The summed E-state index contributed by atoms with van der Waals surface area (Å²) in [5, 5.41) is 20.9. The number of hydrazone groups is 1. The summed E-state index contributed by atoms with van der Waals surface area (Å²) < 4.78 is 9.98. The van der Waals surface area contributed by atoms with Crippen molar-refractivity contribution in [3.63, 3.8) is 0 Å². The van der Waals surface area contributed by atoms with Crippen LogP contribution < -0.4 is 5.43 Å². The van der Waals surface area contributed by atoms with Crippen molar-refractivity contribution in [2.45, 2.75) is 0 Å². The number of carbonyl (C=O) groups excluding carboxylic acids is 1. The van der Waals surface area contributed by atoms with Gasteiger partial charge in [-0.05, 0) is 24.3 Å². The van der Waals surface area contributed by atoms with Gasteiger partial charge in [0, 0.05) is 5.56 Å². The molecule has 0 aliphatic carbocycles. The van der Waals surface area contributed by atoms with E-state index in [2.05, 4.69) is 15.3 Å². The summed E-state index contributed by atoms with van der Waals surface area (Å²) in [5.74, 6) is 0.0248. The first-order chi connectivity index (χ1) is 10.7. The number of benzene rings is 1. The van der Waals surface area contributed by atoms with E-state index in [1.165, 1.54) is 13.2 Å². The third-order valence-electron chi connectivity index (χ3n) is 2.65. The smallest absolute Gasteiger partial charge is 0.373 e. The minimum atomic E-state index is -0.558. The summed E-state index contributed by atoms with van der Waals surface area (Å²) >= 11 is 0. The molecule has 1 N–H and O–H groups in total. The lowest BCUT2D eigenvalue weighted by molar-refractivity contribution is 0.0566. The maximum atomic E-state index is 11.4. The molecule has 0 amide bonds. The van der Waals surface area contributed by atoms with Crippen molar-refractivity contribution in [2.24, 2.45) is 5.10 Å². The Morgan fingerprint density at radius 2 is 2.05 bits per heavy atom. The number of hydrogen-bond donors (Lipinski definition) is 1. The van der Waals surface area contributed by atoms with Gasteiger partial charge in [0.2, 0.25) is 11.5 Å². The molecule has 0 atom stereocenters. The fourth-order valence-electron chi connectivity index (χ4n) is 1.64. The first-order valence-electron chi connectivity index (χ1n) is 6.10. The van der Waals surface area contributed by atoms with Gasteiger partial charge in [0.1, 0.15) is 17.9 Å². The van der Waals surface area contributed by atoms with E-state index in [1.807, 2.05) is 0 Å². The molecule has 0 radical (unpaired) electrons. The van der Waals surface area contributed by atoms with E-state index in [-0.39, 0.29) is 11.5 Å². The highest BCUT2D eigenvalue weighted by Crippen LogP contribution is 2.25. The monoisotopic (exact) mass is 294 g/mol. The van der Waals surface area contributed by atoms with E-state index >= 15 is 0 Å². The van der Waals surface area contributed by atoms with E-state index in [0.29, 0.717) is 17.0 Å². The minimum absolute atomic E-state index is 0.102. The van der Waals surface area contributed by atoms with Crippen LogP contribution in [-0.4, -0.2) is 18.8 Å². The lowest BCUT2D eigenvalue weighted by Gasteiger charge is -2.02. The Morgan fingerprint density at radius 3 is 2.73 bits per heavy atom. The summed E-state index contributed by atoms with van der Waals surface area (Å²) in [5.41, 5.74) is 3.59. The number of nitrogens with zero attached hydrogens (tertiary/aromatic N) is 3. The zero-order chi connectivity index (χ0) is 15.9. The Balaban J connectivity index is 2.24. The lowest BCUT2D eigenvalue weighted by atomic mass is 10.1. The fourth-order valence-corrected chi connectivity index (χ4v) is 1.64. The Kier molecular flexibility index (Phi) is 4.53. The zero-order valence-corrected chi connectivity index (χ0v) is 11.5. The predicted octanol–water partition coefficient (Wildman–Crippen LogP) is 2.55. The van der Waals surface area contributed by atoms with Gasteiger partial charge in [-0.25, -0.2) is 4.79 Å². The van der Waals surface area contributed by atoms with Crippen LogP contribution in [0.15, 0.2) is 45.9 Å². The normalized spacial score (nSPS) is 9.23. The average molecular weight is 294 g/mol. The number of nitriles is 2. The fraction of sp³-hybridized carbons (Fsp3) is 0.0667. The van der Waals surface area contributed by atoms with E-state index in [1.54, 1.807) is 42.5 Å². The van der Waals surface area contributed by atoms with Crippen LogP contribution in [0.3, 0.4) is 0 Å². The molecule has 0 bridgehead atoms. The predicted molar refractivity (Wildman–Crippen MR) is 77.8 cm³/mol. The standard InChI is InChI=1S/C15H10N4O3/c1-21-15(20)14-6-5-13(22-14)10-3-2-4-11(7-10)18-19-12(8-16)9-17/h2-7,18H,1H3. The highest BCUT2D eigenvalue weighted by Gasteiger charge is 2.12. The van der Waals surface area contributed by atoms with Crippen LogP contribution in [0.25, 0.3) is 11.3 Å². The molecule has 0 aliphatic heterocycles. The first kappa shape index (κ1) is 14.8. The van der Waals surface area contributed by atoms with Crippen LogP contribution in [0, 0.1) is 22.7 Å². The number of rotatable bonds is 4. The van der Waals surface area contributed by atoms with Crippen LogP contribution in [0.2, 0.25) is 0 Å². The van der Waals surface area contributed by atoms with Gasteiger partial charge in [0.25, 0.3) is 0 Å². The van der Waals surface area contributed by atoms with Crippen molar-refractivity contribution in [3.8, 4) is 23.5 Å². The quantitative estimate of drug-likeness (QED) is 0.527. The third kappa shape index (κ3) is 3.30. The topological polar surface area (TPSA) is 111 Å². The number of nitrogens with one attached hydrogen (secondary N) is 1. The van der Waals surface area contributed by atoms with Crippen LogP contribution in [-0.2, 0) is 4.74 Å². The van der Waals surface area contributed by atoms with Gasteiger partial charge in [-0.1, -0.05) is 12.1 Å². The lowest BCUT2D eigenvalue weighted by Crippen LogP contribution is -1.98. The number of hydrogen-bond acceptors (Lipinski definition) is 7. The number of carbonyl (C=O) groups is 1. The second-order valence-corrected chi connectivity index (χ2v) is 4.03. The first-order valence-corrected chi connectivity index (χ1v) is 6.10. The van der Waals surface area contributed by atoms with Crippen LogP contribution in [0.1, 0.15) is 10.6 Å². The second kappa shape index (κ2) is 6.73. The van der Waals surface area contributed by atoms with Crippen molar-refractivity contribution >= 4 is 17.4 Å². The molecule has 1 aromatic carbocycles. The molecular formula is C15H10N4O3. The molecule has 0 unspecified atom stereocenters. The largest absolute Gasteiger partial charge is 0.463 e. The van der Waals surface area contributed by atoms with E-state index in [0.717, 1.165) is 0 Å². The molecule has 22 heavy (non-hydrogen) atoms. The third-order valence-corrected chi connectivity index (χ3v) is 2.65. The van der Waals surface area contributed by atoms with Crippen molar-refractivity contribution in [1.82, 2.24) is 0 Å². The van der Waals surface area contributed by atoms with Gasteiger partial charge >= 0.3 is 5.97 Å². The number of furan rings is 1. The molecule has 108 valence electrons. The summed E-state index contributed by atoms with van der Waals surface area (Å²) in [6, 6.07) is 13.4. The number of esters is 1. The highest BCUT2D eigenvalue weighted by molar-refractivity contribution is 6.10. The second-order valence-electron chi connectivity index (χ2n) is 4.03. The zero-order valence-electron chi connectivity index (χ0n) is 11.5. The maximum Gasteiger partial charge on any atom is 0.373 e.